The van der Waals surface area contributed by atoms with E-state index < -0.39 is 11.6 Å². The van der Waals surface area contributed by atoms with Gasteiger partial charge in [-0.05, 0) is 31.2 Å². The molecule has 0 aliphatic rings. The number of benzene rings is 1. The van der Waals surface area contributed by atoms with Gasteiger partial charge in [0.05, 0.1) is 5.69 Å². The summed E-state index contributed by atoms with van der Waals surface area (Å²) in [5.41, 5.74) is 6.56. The van der Waals surface area contributed by atoms with Crippen molar-refractivity contribution in [1.29, 1.82) is 0 Å². The minimum atomic E-state index is -0.672. The van der Waals surface area contributed by atoms with Crippen molar-refractivity contribution < 1.29 is 13.5 Å². The van der Waals surface area contributed by atoms with Gasteiger partial charge in [-0.1, -0.05) is 0 Å². The van der Waals surface area contributed by atoms with Crippen molar-refractivity contribution in [2.75, 3.05) is 5.73 Å². The SMILES string of the molecule is Cc1ccc(N)c(Oc2cc(F)ccc2F)n1. The third kappa shape index (κ3) is 2.50. The molecule has 0 aliphatic heterocycles. The first kappa shape index (κ1) is 11.3. The summed E-state index contributed by atoms with van der Waals surface area (Å²) in [7, 11) is 0. The van der Waals surface area contributed by atoms with Gasteiger partial charge in [0, 0.05) is 11.8 Å². The summed E-state index contributed by atoms with van der Waals surface area (Å²) in [4.78, 5) is 4.00. The van der Waals surface area contributed by atoms with E-state index in [1.54, 1.807) is 19.1 Å². The van der Waals surface area contributed by atoms with Gasteiger partial charge in [-0.25, -0.2) is 13.8 Å². The molecule has 0 saturated carbocycles. The lowest BCUT2D eigenvalue weighted by Gasteiger charge is -2.08. The molecule has 1 aromatic carbocycles. The lowest BCUT2D eigenvalue weighted by molar-refractivity contribution is 0.423. The first-order chi connectivity index (χ1) is 8.06. The standard InChI is InChI=1S/C12H10F2N2O/c1-7-2-5-10(15)12(16-7)17-11-6-8(13)3-4-9(11)14/h2-6H,15H2,1H3. The number of nitrogens with two attached hydrogens (primary N) is 1. The molecule has 0 aliphatic carbocycles. The number of hydrogen-bond donors (Lipinski definition) is 1. The molecule has 0 radical (unpaired) electrons. The molecule has 1 heterocycles. The molecule has 1 aromatic heterocycles. The Bertz CT molecular complexity index is 509. The Morgan fingerprint density at radius 2 is 1.94 bits per heavy atom. The Hall–Kier alpha value is -2.17. The number of aromatic nitrogens is 1. The number of rotatable bonds is 2. The van der Waals surface area contributed by atoms with Gasteiger partial charge in [0.1, 0.15) is 5.82 Å². The fourth-order valence-electron chi connectivity index (χ4n) is 1.28. The molecule has 0 saturated heterocycles. The number of nitrogen functional groups attached to an aromatic ring is 1. The highest BCUT2D eigenvalue weighted by atomic mass is 19.1. The second-order valence-corrected chi connectivity index (χ2v) is 3.52. The van der Waals surface area contributed by atoms with Crippen LogP contribution in [0.4, 0.5) is 14.5 Å². The number of halogens is 2. The molecule has 2 N–H and O–H groups in total. The summed E-state index contributed by atoms with van der Waals surface area (Å²) in [6.45, 7) is 1.74. The third-order valence-electron chi connectivity index (χ3n) is 2.13. The molecule has 3 nitrogen and oxygen atoms in total. The summed E-state index contributed by atoms with van der Waals surface area (Å²) in [6, 6.07) is 6.23. The fourth-order valence-corrected chi connectivity index (χ4v) is 1.28. The van der Waals surface area contributed by atoms with Gasteiger partial charge in [-0.3, -0.25) is 0 Å². The van der Waals surface area contributed by atoms with Crippen LogP contribution >= 0.6 is 0 Å². The number of anilines is 1. The second-order valence-electron chi connectivity index (χ2n) is 3.52. The van der Waals surface area contributed by atoms with Crippen LogP contribution < -0.4 is 10.5 Å². The zero-order valence-corrected chi connectivity index (χ0v) is 9.08. The summed E-state index contributed by atoms with van der Waals surface area (Å²) >= 11 is 0. The monoisotopic (exact) mass is 236 g/mol. The molecule has 0 amide bonds. The molecule has 0 unspecified atom stereocenters. The zero-order chi connectivity index (χ0) is 12.4. The van der Waals surface area contributed by atoms with E-state index in [-0.39, 0.29) is 17.3 Å². The van der Waals surface area contributed by atoms with E-state index in [1.165, 1.54) is 0 Å². The molecule has 0 fully saturated rings. The van der Waals surface area contributed by atoms with Gasteiger partial charge >= 0.3 is 0 Å². The number of ether oxygens (including phenoxy) is 1. The maximum atomic E-state index is 13.3. The molecule has 0 spiro atoms. The molecule has 17 heavy (non-hydrogen) atoms. The van der Waals surface area contributed by atoms with E-state index >= 15 is 0 Å². The van der Waals surface area contributed by atoms with Crippen LogP contribution in [0.2, 0.25) is 0 Å². The van der Waals surface area contributed by atoms with E-state index in [4.69, 9.17) is 10.5 Å². The van der Waals surface area contributed by atoms with E-state index in [0.717, 1.165) is 18.2 Å². The Labute approximate surface area is 96.9 Å². The summed E-state index contributed by atoms with van der Waals surface area (Å²) in [5, 5.41) is 0. The van der Waals surface area contributed by atoms with E-state index in [0.29, 0.717) is 5.69 Å². The van der Waals surface area contributed by atoms with Gasteiger partial charge in [0.25, 0.3) is 0 Å². The molecule has 0 atom stereocenters. The molecular formula is C12H10F2N2O. The van der Waals surface area contributed by atoms with Crippen LogP contribution in [-0.4, -0.2) is 4.98 Å². The molecule has 88 valence electrons. The Balaban J connectivity index is 2.37. The molecule has 5 heteroatoms. The van der Waals surface area contributed by atoms with Crippen LogP contribution in [0.3, 0.4) is 0 Å². The minimum Gasteiger partial charge on any atom is -0.434 e. The number of aryl methyl sites for hydroxylation is 1. The fraction of sp³-hybridized carbons (Fsp3) is 0.0833. The molecule has 2 aromatic rings. The van der Waals surface area contributed by atoms with Crippen LogP contribution in [0.1, 0.15) is 5.69 Å². The minimum absolute atomic E-state index is 0.0644. The van der Waals surface area contributed by atoms with Gasteiger partial charge in [0.15, 0.2) is 11.6 Å². The number of hydrogen-bond acceptors (Lipinski definition) is 3. The Morgan fingerprint density at radius 1 is 1.18 bits per heavy atom. The summed E-state index contributed by atoms with van der Waals surface area (Å²) in [5.74, 6) is -1.44. The zero-order valence-electron chi connectivity index (χ0n) is 9.08. The maximum Gasteiger partial charge on any atom is 0.243 e. The number of nitrogens with zero attached hydrogens (tertiary/aromatic N) is 1. The van der Waals surface area contributed by atoms with Crippen LogP contribution in [-0.2, 0) is 0 Å². The Kier molecular flexibility index (Phi) is 2.91. The molecular weight excluding hydrogens is 226 g/mol. The summed E-state index contributed by atoms with van der Waals surface area (Å²) in [6.07, 6.45) is 0. The van der Waals surface area contributed by atoms with E-state index in [1.807, 2.05) is 0 Å². The van der Waals surface area contributed by atoms with Crippen molar-refractivity contribution in [2.24, 2.45) is 0 Å². The van der Waals surface area contributed by atoms with Crippen molar-refractivity contribution in [2.45, 2.75) is 6.92 Å². The van der Waals surface area contributed by atoms with Crippen LogP contribution in [0, 0.1) is 18.6 Å². The first-order valence-corrected chi connectivity index (χ1v) is 4.92. The predicted octanol–water partition coefficient (Wildman–Crippen LogP) is 3.04. The van der Waals surface area contributed by atoms with Crippen molar-refractivity contribution >= 4 is 5.69 Å². The lowest BCUT2D eigenvalue weighted by atomic mass is 10.3. The second kappa shape index (κ2) is 4.37. The molecule has 0 bridgehead atoms. The highest BCUT2D eigenvalue weighted by molar-refractivity contribution is 5.50. The first-order valence-electron chi connectivity index (χ1n) is 4.92. The van der Waals surface area contributed by atoms with Crippen LogP contribution in [0.5, 0.6) is 11.6 Å². The number of pyridine rings is 1. The van der Waals surface area contributed by atoms with Gasteiger partial charge < -0.3 is 10.5 Å². The quantitative estimate of drug-likeness (QED) is 0.871. The van der Waals surface area contributed by atoms with Gasteiger partial charge in [0.2, 0.25) is 5.88 Å². The maximum absolute atomic E-state index is 13.3. The third-order valence-corrected chi connectivity index (χ3v) is 2.13. The summed E-state index contributed by atoms with van der Waals surface area (Å²) < 4.78 is 31.4. The van der Waals surface area contributed by atoms with Crippen molar-refractivity contribution in [3.63, 3.8) is 0 Å². The average molecular weight is 236 g/mol. The van der Waals surface area contributed by atoms with Crippen LogP contribution in [0.15, 0.2) is 30.3 Å². The topological polar surface area (TPSA) is 48.1 Å². The van der Waals surface area contributed by atoms with Crippen LogP contribution in [0.25, 0.3) is 0 Å². The predicted molar refractivity (Wildman–Crippen MR) is 59.8 cm³/mol. The van der Waals surface area contributed by atoms with Crippen molar-refractivity contribution in [3.8, 4) is 11.6 Å². The van der Waals surface area contributed by atoms with E-state index in [9.17, 15) is 8.78 Å². The van der Waals surface area contributed by atoms with Crippen molar-refractivity contribution in [3.05, 3.63) is 47.7 Å². The normalized spacial score (nSPS) is 10.3. The smallest absolute Gasteiger partial charge is 0.243 e. The largest absolute Gasteiger partial charge is 0.434 e. The molecule has 2 rings (SSSR count). The highest BCUT2D eigenvalue weighted by Crippen LogP contribution is 2.27. The van der Waals surface area contributed by atoms with E-state index in [2.05, 4.69) is 4.98 Å². The lowest BCUT2D eigenvalue weighted by Crippen LogP contribution is -1.98. The Morgan fingerprint density at radius 3 is 2.71 bits per heavy atom. The highest BCUT2D eigenvalue weighted by Gasteiger charge is 2.09. The van der Waals surface area contributed by atoms with Crippen molar-refractivity contribution in [1.82, 2.24) is 4.98 Å². The van der Waals surface area contributed by atoms with Gasteiger partial charge in [-0.2, -0.15) is 0 Å². The van der Waals surface area contributed by atoms with Gasteiger partial charge in [-0.15, -0.1) is 0 Å². The average Bonchev–Trinajstić information content (AvgIpc) is 2.28.